The molecule has 0 saturated heterocycles. The van der Waals surface area contributed by atoms with Crippen LogP contribution in [-0.4, -0.2) is 30.4 Å². The normalized spacial score (nSPS) is 11.1. The Balaban J connectivity index is 2.46. The number of methoxy groups -OCH3 is 2. The molecular formula is C17H16O5. The van der Waals surface area contributed by atoms with Gasteiger partial charge in [-0.1, -0.05) is 18.2 Å². The lowest BCUT2D eigenvalue weighted by molar-refractivity contribution is -0.130. The number of aliphatic carboxylic acids is 1. The molecule has 0 atom stereocenters. The van der Waals surface area contributed by atoms with Crippen LogP contribution in [0.4, 0.5) is 0 Å². The fourth-order valence-electron chi connectivity index (χ4n) is 2.02. The summed E-state index contributed by atoms with van der Waals surface area (Å²) in [5.74, 6) is 0.118. The van der Waals surface area contributed by atoms with E-state index in [1.165, 1.54) is 32.4 Å². The number of ether oxygens (including phenoxy) is 2. The largest absolute Gasteiger partial charge is 0.508 e. The first kappa shape index (κ1) is 15.4. The molecule has 0 heterocycles. The van der Waals surface area contributed by atoms with Gasteiger partial charge in [-0.25, -0.2) is 4.79 Å². The van der Waals surface area contributed by atoms with Crippen LogP contribution in [0, 0.1) is 0 Å². The standard InChI is InChI=1S/C17H16O5/c1-21-15-8-3-11(10-16(15)22-2)9-14(17(19)20)12-4-6-13(18)7-5-12/h3-10,18H,1-2H3,(H,19,20). The topological polar surface area (TPSA) is 76.0 Å². The fraction of sp³-hybridized carbons (Fsp3) is 0.118. The van der Waals surface area contributed by atoms with Gasteiger partial charge in [0.25, 0.3) is 0 Å². The van der Waals surface area contributed by atoms with Crippen molar-refractivity contribution in [2.75, 3.05) is 14.2 Å². The molecule has 0 unspecified atom stereocenters. The summed E-state index contributed by atoms with van der Waals surface area (Å²) >= 11 is 0. The van der Waals surface area contributed by atoms with Crippen molar-refractivity contribution < 1.29 is 24.5 Å². The highest BCUT2D eigenvalue weighted by Crippen LogP contribution is 2.29. The summed E-state index contributed by atoms with van der Waals surface area (Å²) in [7, 11) is 3.05. The zero-order valence-electron chi connectivity index (χ0n) is 12.2. The van der Waals surface area contributed by atoms with Gasteiger partial charge in [-0.15, -0.1) is 0 Å². The van der Waals surface area contributed by atoms with Crippen LogP contribution in [0.25, 0.3) is 11.6 Å². The van der Waals surface area contributed by atoms with Gasteiger partial charge in [0.05, 0.1) is 19.8 Å². The zero-order valence-corrected chi connectivity index (χ0v) is 12.2. The molecule has 0 aliphatic carbocycles. The van der Waals surface area contributed by atoms with Crippen molar-refractivity contribution in [3.63, 3.8) is 0 Å². The van der Waals surface area contributed by atoms with E-state index in [1.807, 2.05) is 0 Å². The van der Waals surface area contributed by atoms with Gasteiger partial charge in [-0.3, -0.25) is 0 Å². The lowest BCUT2D eigenvalue weighted by Crippen LogP contribution is -1.99. The highest BCUT2D eigenvalue weighted by Gasteiger charge is 2.11. The number of hydrogen-bond donors (Lipinski definition) is 2. The smallest absolute Gasteiger partial charge is 0.336 e. The van der Waals surface area contributed by atoms with Crippen LogP contribution < -0.4 is 9.47 Å². The molecule has 22 heavy (non-hydrogen) atoms. The molecule has 0 aromatic heterocycles. The van der Waals surface area contributed by atoms with Crippen molar-refractivity contribution in [3.05, 3.63) is 53.6 Å². The third kappa shape index (κ3) is 3.38. The second kappa shape index (κ2) is 6.67. The molecule has 0 aliphatic rings. The van der Waals surface area contributed by atoms with Crippen molar-refractivity contribution in [1.29, 1.82) is 0 Å². The second-order valence-electron chi connectivity index (χ2n) is 4.52. The van der Waals surface area contributed by atoms with E-state index in [4.69, 9.17) is 9.47 Å². The minimum atomic E-state index is -1.06. The summed E-state index contributed by atoms with van der Waals surface area (Å²) in [6, 6.07) is 11.1. The predicted octanol–water partition coefficient (Wildman–Crippen LogP) is 3.03. The third-order valence-corrected chi connectivity index (χ3v) is 3.13. The van der Waals surface area contributed by atoms with Crippen molar-refractivity contribution >= 4 is 17.6 Å². The average Bonchev–Trinajstić information content (AvgIpc) is 2.53. The first-order valence-electron chi connectivity index (χ1n) is 6.51. The molecule has 2 aromatic carbocycles. The van der Waals surface area contributed by atoms with Gasteiger partial charge in [0.2, 0.25) is 0 Å². The van der Waals surface area contributed by atoms with Gasteiger partial charge in [-0.05, 0) is 41.5 Å². The molecule has 5 nitrogen and oxygen atoms in total. The molecule has 0 bridgehead atoms. The minimum absolute atomic E-state index is 0.0830. The Bertz CT molecular complexity index is 701. The molecule has 0 fully saturated rings. The lowest BCUT2D eigenvalue weighted by atomic mass is 10.0. The van der Waals surface area contributed by atoms with Crippen LogP contribution in [0.2, 0.25) is 0 Å². The Kier molecular flexibility index (Phi) is 4.68. The number of aromatic hydroxyl groups is 1. The number of carboxylic acid groups (broad SMARTS) is 1. The molecular weight excluding hydrogens is 284 g/mol. The van der Waals surface area contributed by atoms with Gasteiger partial charge in [0, 0.05) is 0 Å². The fourth-order valence-corrected chi connectivity index (χ4v) is 2.02. The molecule has 2 rings (SSSR count). The Hall–Kier alpha value is -2.95. The predicted molar refractivity (Wildman–Crippen MR) is 83.2 cm³/mol. The minimum Gasteiger partial charge on any atom is -0.508 e. The highest BCUT2D eigenvalue weighted by molar-refractivity contribution is 6.20. The number of rotatable bonds is 5. The van der Waals surface area contributed by atoms with Gasteiger partial charge >= 0.3 is 5.97 Å². The molecule has 0 spiro atoms. The molecule has 2 aromatic rings. The van der Waals surface area contributed by atoms with Gasteiger partial charge < -0.3 is 19.7 Å². The third-order valence-electron chi connectivity index (χ3n) is 3.13. The maximum Gasteiger partial charge on any atom is 0.336 e. The van der Waals surface area contributed by atoms with Crippen molar-refractivity contribution in [2.45, 2.75) is 0 Å². The molecule has 0 aliphatic heterocycles. The summed E-state index contributed by atoms with van der Waals surface area (Å²) in [6.45, 7) is 0. The lowest BCUT2D eigenvalue weighted by Gasteiger charge is -2.09. The maximum atomic E-state index is 11.5. The summed E-state index contributed by atoms with van der Waals surface area (Å²) < 4.78 is 10.4. The van der Waals surface area contributed by atoms with Crippen LogP contribution in [0.1, 0.15) is 11.1 Å². The first-order valence-corrected chi connectivity index (χ1v) is 6.51. The van der Waals surface area contributed by atoms with E-state index in [2.05, 4.69) is 0 Å². The van der Waals surface area contributed by atoms with E-state index in [0.717, 1.165) is 0 Å². The SMILES string of the molecule is COc1ccc(C=C(C(=O)O)c2ccc(O)cc2)cc1OC. The van der Waals surface area contributed by atoms with Gasteiger partial charge in [0.1, 0.15) is 5.75 Å². The van der Waals surface area contributed by atoms with E-state index < -0.39 is 5.97 Å². The quantitative estimate of drug-likeness (QED) is 0.655. The molecule has 5 heteroatoms. The van der Waals surface area contributed by atoms with Crippen LogP contribution in [0.5, 0.6) is 17.2 Å². The maximum absolute atomic E-state index is 11.5. The first-order chi connectivity index (χ1) is 10.5. The van der Waals surface area contributed by atoms with Gasteiger partial charge in [-0.2, -0.15) is 0 Å². The average molecular weight is 300 g/mol. The summed E-state index contributed by atoms with van der Waals surface area (Å²) in [6.07, 6.45) is 1.54. The van der Waals surface area contributed by atoms with E-state index in [0.29, 0.717) is 22.6 Å². The number of hydrogen-bond acceptors (Lipinski definition) is 4. The number of phenols is 1. The van der Waals surface area contributed by atoms with E-state index in [-0.39, 0.29) is 11.3 Å². The van der Waals surface area contributed by atoms with E-state index in [9.17, 15) is 15.0 Å². The van der Waals surface area contributed by atoms with Crippen LogP contribution in [0.3, 0.4) is 0 Å². The monoisotopic (exact) mass is 300 g/mol. The molecule has 0 amide bonds. The summed E-state index contributed by atoms with van der Waals surface area (Å²) in [4.78, 5) is 11.5. The van der Waals surface area contributed by atoms with Crippen molar-refractivity contribution in [1.82, 2.24) is 0 Å². The van der Waals surface area contributed by atoms with Crippen LogP contribution >= 0.6 is 0 Å². The number of benzene rings is 2. The molecule has 2 N–H and O–H groups in total. The Morgan fingerprint density at radius 2 is 1.64 bits per heavy atom. The highest BCUT2D eigenvalue weighted by atomic mass is 16.5. The second-order valence-corrected chi connectivity index (χ2v) is 4.52. The molecule has 0 saturated carbocycles. The molecule has 0 radical (unpaired) electrons. The number of phenolic OH excluding ortho intramolecular Hbond substituents is 1. The van der Waals surface area contributed by atoms with E-state index in [1.54, 1.807) is 30.3 Å². The van der Waals surface area contributed by atoms with Crippen molar-refractivity contribution in [2.24, 2.45) is 0 Å². The summed E-state index contributed by atoms with van der Waals surface area (Å²) in [5, 5.41) is 18.7. The van der Waals surface area contributed by atoms with Crippen molar-refractivity contribution in [3.8, 4) is 17.2 Å². The zero-order chi connectivity index (χ0) is 16.1. The number of carboxylic acids is 1. The van der Waals surface area contributed by atoms with E-state index >= 15 is 0 Å². The summed E-state index contributed by atoms with van der Waals surface area (Å²) in [5.41, 5.74) is 1.29. The van der Waals surface area contributed by atoms with Crippen LogP contribution in [-0.2, 0) is 4.79 Å². The Morgan fingerprint density at radius 1 is 1.00 bits per heavy atom. The Morgan fingerprint density at radius 3 is 2.18 bits per heavy atom. The number of carbonyl (C=O) groups is 1. The van der Waals surface area contributed by atoms with Gasteiger partial charge in [0.15, 0.2) is 11.5 Å². The van der Waals surface area contributed by atoms with Crippen LogP contribution in [0.15, 0.2) is 42.5 Å². The molecule has 114 valence electrons. The Labute approximate surface area is 128 Å².